The summed E-state index contributed by atoms with van der Waals surface area (Å²) in [5, 5.41) is 6.39. The predicted octanol–water partition coefficient (Wildman–Crippen LogP) is 3.53. The van der Waals surface area contributed by atoms with Crippen molar-refractivity contribution >= 4 is 46.1 Å². The smallest absolute Gasteiger partial charge is 0.258 e. The molecule has 212 valence electrons. The molecule has 9 heteroatoms. The quantitative estimate of drug-likeness (QED) is 0.436. The van der Waals surface area contributed by atoms with Crippen LogP contribution in [0.25, 0.3) is 11.3 Å². The molecule has 3 aromatic carbocycles. The number of rotatable bonds is 7. The maximum absolute atomic E-state index is 13.3. The minimum Gasteiger partial charge on any atom is -0.354 e. The van der Waals surface area contributed by atoms with Crippen LogP contribution in [0.15, 0.2) is 72.8 Å². The number of benzene rings is 3. The van der Waals surface area contributed by atoms with Crippen LogP contribution in [-0.4, -0.2) is 93.3 Å². The van der Waals surface area contributed by atoms with Crippen molar-refractivity contribution in [3.63, 3.8) is 0 Å². The molecule has 9 nitrogen and oxygen atoms in total. The molecule has 2 N–H and O–H groups in total. The molecule has 3 aromatic rings. The van der Waals surface area contributed by atoms with E-state index in [1.807, 2.05) is 54.6 Å². The third-order valence-electron chi connectivity index (χ3n) is 7.58. The molecule has 0 saturated carbocycles. The van der Waals surface area contributed by atoms with Crippen LogP contribution >= 0.6 is 0 Å². The molecule has 3 amide bonds. The van der Waals surface area contributed by atoms with Crippen molar-refractivity contribution in [3.05, 3.63) is 89.5 Å². The number of anilines is 3. The molecule has 41 heavy (non-hydrogen) atoms. The third kappa shape index (κ3) is 6.16. The highest BCUT2D eigenvalue weighted by atomic mass is 16.2. The second kappa shape index (κ2) is 12.0. The van der Waals surface area contributed by atoms with E-state index in [1.165, 1.54) is 4.90 Å². The summed E-state index contributed by atoms with van der Waals surface area (Å²) >= 11 is 0. The Labute approximate surface area is 241 Å². The maximum Gasteiger partial charge on any atom is 0.258 e. The van der Waals surface area contributed by atoms with Gasteiger partial charge in [0.15, 0.2) is 0 Å². The number of hydrogen-bond donors (Lipinski definition) is 2. The fraction of sp³-hybridized carbons (Fsp3) is 0.281. The van der Waals surface area contributed by atoms with Crippen molar-refractivity contribution < 1.29 is 14.4 Å². The lowest BCUT2D eigenvalue weighted by molar-refractivity contribution is -0.119. The molecule has 2 aliphatic heterocycles. The lowest BCUT2D eigenvalue weighted by atomic mass is 9.98. The summed E-state index contributed by atoms with van der Waals surface area (Å²) in [4.78, 5) is 46.6. The Morgan fingerprint density at radius 1 is 0.878 bits per heavy atom. The van der Waals surface area contributed by atoms with E-state index in [1.54, 1.807) is 44.2 Å². The number of likely N-dealkylation sites (N-methyl/N-ethyl adjacent to an activating group) is 2. The van der Waals surface area contributed by atoms with E-state index in [0.29, 0.717) is 34.6 Å². The number of piperazine rings is 1. The van der Waals surface area contributed by atoms with Gasteiger partial charge in [0.2, 0.25) is 5.91 Å². The highest BCUT2D eigenvalue weighted by Crippen LogP contribution is 2.38. The number of carbonyl (C=O) groups excluding carboxylic acids is 3. The molecule has 0 spiro atoms. The highest BCUT2D eigenvalue weighted by Gasteiger charge is 2.30. The summed E-state index contributed by atoms with van der Waals surface area (Å²) in [6, 6.07) is 22.5. The van der Waals surface area contributed by atoms with Gasteiger partial charge in [-0.1, -0.05) is 30.3 Å². The Morgan fingerprint density at radius 3 is 2.22 bits per heavy atom. The Bertz CT molecular complexity index is 1480. The topological polar surface area (TPSA) is 88.2 Å². The largest absolute Gasteiger partial charge is 0.354 e. The second-order valence-electron chi connectivity index (χ2n) is 10.7. The van der Waals surface area contributed by atoms with Crippen LogP contribution in [0.5, 0.6) is 0 Å². The molecule has 2 heterocycles. The highest BCUT2D eigenvalue weighted by molar-refractivity contribution is 6.37. The van der Waals surface area contributed by atoms with E-state index < -0.39 is 0 Å². The van der Waals surface area contributed by atoms with E-state index in [9.17, 15) is 14.4 Å². The van der Waals surface area contributed by atoms with Gasteiger partial charge in [-0.25, -0.2) is 0 Å². The summed E-state index contributed by atoms with van der Waals surface area (Å²) in [5.74, 6) is -0.334. The molecule has 0 aromatic heterocycles. The normalized spacial score (nSPS) is 16.5. The number of nitrogens with zero attached hydrogens (tertiary/aromatic N) is 4. The number of carbonyl (C=O) groups is 3. The molecule has 2 aliphatic rings. The zero-order chi connectivity index (χ0) is 29.1. The van der Waals surface area contributed by atoms with Gasteiger partial charge in [0.05, 0.1) is 17.8 Å². The Balaban J connectivity index is 1.42. The molecule has 0 aliphatic carbocycles. The monoisotopic (exact) mass is 552 g/mol. The number of hydrogen-bond acceptors (Lipinski definition) is 6. The van der Waals surface area contributed by atoms with Gasteiger partial charge in [-0.3, -0.25) is 19.3 Å². The summed E-state index contributed by atoms with van der Waals surface area (Å²) in [7, 11) is 7.30. The fourth-order valence-electron chi connectivity index (χ4n) is 5.05. The van der Waals surface area contributed by atoms with Crippen molar-refractivity contribution in [3.8, 4) is 0 Å². The van der Waals surface area contributed by atoms with Gasteiger partial charge in [0.25, 0.3) is 11.8 Å². The van der Waals surface area contributed by atoms with Gasteiger partial charge < -0.3 is 25.3 Å². The van der Waals surface area contributed by atoms with Gasteiger partial charge in [-0.05, 0) is 55.1 Å². The third-order valence-corrected chi connectivity index (χ3v) is 7.58. The number of fused-ring (bicyclic) bond motifs is 1. The molecular weight excluding hydrogens is 516 g/mol. The average Bonchev–Trinajstić information content (AvgIpc) is 3.31. The van der Waals surface area contributed by atoms with Crippen LogP contribution in [0, 0.1) is 0 Å². The molecule has 5 rings (SSSR count). The van der Waals surface area contributed by atoms with Crippen LogP contribution in [0.3, 0.4) is 0 Å². The first kappa shape index (κ1) is 28.1. The van der Waals surface area contributed by atoms with Crippen molar-refractivity contribution in [1.29, 1.82) is 0 Å². The zero-order valence-electron chi connectivity index (χ0n) is 24.0. The summed E-state index contributed by atoms with van der Waals surface area (Å²) < 4.78 is 0. The Hall–Kier alpha value is -4.47. The van der Waals surface area contributed by atoms with Crippen molar-refractivity contribution in [2.75, 3.05) is 76.4 Å². The number of nitrogens with one attached hydrogen (secondary N) is 2. The molecular formula is C32H36N6O3. The fourth-order valence-corrected chi connectivity index (χ4v) is 5.05. The van der Waals surface area contributed by atoms with Crippen LogP contribution in [-0.2, 0) is 9.59 Å². The molecule has 0 unspecified atom stereocenters. The molecule has 0 atom stereocenters. The Kier molecular flexibility index (Phi) is 8.19. The van der Waals surface area contributed by atoms with Crippen LogP contribution in [0.1, 0.15) is 21.5 Å². The standard InChI is InChI=1S/C32H36N6O3/c1-35(2)32(41)23-10-15-27-26(20-23)29(31(40)34-27)30(22-8-6-5-7-9-22)33-24-11-13-25(14-12-24)37(4)28(39)21-38-18-16-36(3)17-19-38/h5-15,20,33H,16-19,21H2,1-4H3,(H,34,40). The first-order chi connectivity index (χ1) is 19.7. The predicted molar refractivity (Wildman–Crippen MR) is 164 cm³/mol. The molecule has 1 fully saturated rings. The number of amides is 3. The lowest BCUT2D eigenvalue weighted by Gasteiger charge is -2.32. The van der Waals surface area contributed by atoms with Gasteiger partial charge in [-0.15, -0.1) is 0 Å². The summed E-state index contributed by atoms with van der Waals surface area (Å²) in [5.41, 5.74) is 5.31. The van der Waals surface area contributed by atoms with Gasteiger partial charge in [-0.2, -0.15) is 0 Å². The molecule has 0 bridgehead atoms. The van der Waals surface area contributed by atoms with Gasteiger partial charge in [0, 0.05) is 75.5 Å². The lowest BCUT2D eigenvalue weighted by Crippen LogP contribution is -2.48. The Morgan fingerprint density at radius 2 is 1.56 bits per heavy atom. The first-order valence-corrected chi connectivity index (χ1v) is 13.7. The van der Waals surface area contributed by atoms with Gasteiger partial charge in [0.1, 0.15) is 0 Å². The SMILES string of the molecule is CN1CCN(CC(=O)N(C)c2ccc(NC(=C3C(=O)Nc4ccc(C(=O)N(C)C)cc43)c3ccccc3)cc2)CC1. The van der Waals surface area contributed by atoms with Gasteiger partial charge >= 0.3 is 0 Å². The van der Waals surface area contributed by atoms with Crippen molar-refractivity contribution in [1.82, 2.24) is 14.7 Å². The van der Waals surface area contributed by atoms with E-state index >= 15 is 0 Å². The van der Waals surface area contributed by atoms with E-state index in [0.717, 1.165) is 43.1 Å². The average molecular weight is 553 g/mol. The summed E-state index contributed by atoms with van der Waals surface area (Å²) in [6.45, 7) is 4.09. The zero-order valence-corrected chi connectivity index (χ0v) is 24.0. The minimum atomic E-state index is -0.244. The minimum absolute atomic E-state index is 0.0460. The summed E-state index contributed by atoms with van der Waals surface area (Å²) in [6.07, 6.45) is 0. The first-order valence-electron chi connectivity index (χ1n) is 13.7. The van der Waals surface area contributed by atoms with Crippen LogP contribution in [0.4, 0.5) is 17.1 Å². The van der Waals surface area contributed by atoms with Crippen molar-refractivity contribution in [2.45, 2.75) is 0 Å². The second-order valence-corrected chi connectivity index (χ2v) is 10.7. The molecule has 1 saturated heterocycles. The van der Waals surface area contributed by atoms with E-state index in [2.05, 4.69) is 27.5 Å². The molecule has 0 radical (unpaired) electrons. The van der Waals surface area contributed by atoms with E-state index in [-0.39, 0.29) is 17.7 Å². The van der Waals surface area contributed by atoms with Crippen molar-refractivity contribution in [2.24, 2.45) is 0 Å². The van der Waals surface area contributed by atoms with Crippen LogP contribution < -0.4 is 15.5 Å². The maximum atomic E-state index is 13.3. The van der Waals surface area contributed by atoms with Crippen LogP contribution in [0.2, 0.25) is 0 Å². The van der Waals surface area contributed by atoms with E-state index in [4.69, 9.17) is 0 Å².